The Labute approximate surface area is 130 Å². The van der Waals surface area contributed by atoms with Crippen LogP contribution in [0.4, 0.5) is 5.69 Å². The molecule has 1 aromatic rings. The summed E-state index contributed by atoms with van der Waals surface area (Å²) in [5.41, 5.74) is 8.21. The quantitative estimate of drug-likeness (QED) is 0.496. The summed E-state index contributed by atoms with van der Waals surface area (Å²) in [6.07, 6.45) is 1.32. The van der Waals surface area contributed by atoms with Crippen LogP contribution >= 0.6 is 0 Å². The molecule has 0 saturated carbocycles. The average Bonchev–Trinajstić information content (AvgIpc) is 2.50. The van der Waals surface area contributed by atoms with E-state index in [1.165, 1.54) is 0 Å². The van der Waals surface area contributed by atoms with Gasteiger partial charge in [0.05, 0.1) is 11.3 Å². The highest BCUT2D eigenvalue weighted by Crippen LogP contribution is 2.34. The van der Waals surface area contributed by atoms with E-state index in [4.69, 9.17) is 10.6 Å². The zero-order chi connectivity index (χ0) is 16.1. The molecule has 22 heavy (non-hydrogen) atoms. The molecule has 0 spiro atoms. The number of oxime groups is 1. The lowest BCUT2D eigenvalue weighted by molar-refractivity contribution is -0.116. The fourth-order valence-electron chi connectivity index (χ4n) is 2.66. The van der Waals surface area contributed by atoms with Gasteiger partial charge in [-0.15, -0.1) is 0 Å². The zero-order valence-corrected chi connectivity index (χ0v) is 13.0. The number of Topliss-reactive ketones (excluding diaryl/α,β-unsaturated/α-hetero) is 1. The van der Waals surface area contributed by atoms with Gasteiger partial charge in [0.2, 0.25) is 0 Å². The molecule has 2 rings (SSSR count). The first-order chi connectivity index (χ1) is 10.6. The van der Waals surface area contributed by atoms with E-state index in [2.05, 4.69) is 5.16 Å². The molecule has 1 aliphatic rings. The van der Waals surface area contributed by atoms with Crippen LogP contribution in [0.3, 0.4) is 0 Å². The fourth-order valence-corrected chi connectivity index (χ4v) is 2.66. The summed E-state index contributed by atoms with van der Waals surface area (Å²) in [5.74, 6) is -0.0219. The van der Waals surface area contributed by atoms with Crippen LogP contribution in [0.1, 0.15) is 44.6 Å². The minimum Gasteiger partial charge on any atom is -0.511 e. The molecule has 1 aromatic carbocycles. The Morgan fingerprint density at radius 2 is 2.00 bits per heavy atom. The van der Waals surface area contributed by atoms with Gasteiger partial charge in [-0.25, -0.2) is 0 Å². The molecule has 1 atom stereocenters. The maximum Gasteiger partial charge on any atom is 0.168 e. The third kappa shape index (κ3) is 3.47. The summed E-state index contributed by atoms with van der Waals surface area (Å²) in [6, 6.07) is 7.43. The van der Waals surface area contributed by atoms with Gasteiger partial charge >= 0.3 is 0 Å². The molecule has 118 valence electrons. The van der Waals surface area contributed by atoms with E-state index >= 15 is 0 Å². The van der Waals surface area contributed by atoms with Gasteiger partial charge in [0.25, 0.3) is 0 Å². The third-order valence-corrected chi connectivity index (χ3v) is 3.77. The van der Waals surface area contributed by atoms with Crippen LogP contribution in [0.25, 0.3) is 0 Å². The number of benzene rings is 1. The van der Waals surface area contributed by atoms with E-state index < -0.39 is 0 Å². The number of carbonyl (C=O) groups is 1. The number of nitrogens with two attached hydrogens (primary N) is 1. The first-order valence-electron chi connectivity index (χ1n) is 7.56. The Kier molecular flexibility index (Phi) is 5.20. The molecule has 0 heterocycles. The molecular weight excluding hydrogens is 280 g/mol. The van der Waals surface area contributed by atoms with Gasteiger partial charge in [0.1, 0.15) is 12.4 Å². The van der Waals surface area contributed by atoms with Gasteiger partial charge in [-0.3, -0.25) is 4.79 Å². The number of allylic oxidation sites excluding steroid dienone is 2. The number of carbonyl (C=O) groups excluding carboxylic acids is 1. The van der Waals surface area contributed by atoms with E-state index in [1.807, 2.05) is 38.1 Å². The number of ketones is 1. The van der Waals surface area contributed by atoms with E-state index in [0.29, 0.717) is 42.8 Å². The van der Waals surface area contributed by atoms with Crippen molar-refractivity contribution in [1.29, 1.82) is 0 Å². The standard InChI is InChI=1S/C17H22N2O3/c1-3-14(19-22-4-2)17-15(20)9-12(10-16(17)21)11-5-7-13(18)8-6-11/h5-8,12,20H,3-4,9-10,18H2,1-2H3/b19-14+. The molecule has 0 radical (unpaired) electrons. The summed E-state index contributed by atoms with van der Waals surface area (Å²) in [6.45, 7) is 4.14. The van der Waals surface area contributed by atoms with Crippen LogP contribution in [0, 0.1) is 0 Å². The maximum absolute atomic E-state index is 12.4. The summed E-state index contributed by atoms with van der Waals surface area (Å²) in [5, 5.41) is 14.3. The Bertz CT molecular complexity index is 603. The van der Waals surface area contributed by atoms with E-state index in [9.17, 15) is 9.90 Å². The summed E-state index contributed by atoms with van der Waals surface area (Å²) < 4.78 is 0. The molecule has 0 saturated heterocycles. The number of anilines is 1. The monoisotopic (exact) mass is 302 g/mol. The fraction of sp³-hybridized carbons (Fsp3) is 0.412. The topological polar surface area (TPSA) is 84.9 Å². The number of nitrogens with zero attached hydrogens (tertiary/aromatic N) is 1. The number of aliphatic hydroxyl groups is 1. The molecule has 3 N–H and O–H groups in total. The van der Waals surface area contributed by atoms with Crippen LogP contribution in [0.15, 0.2) is 40.8 Å². The molecule has 1 aliphatic carbocycles. The van der Waals surface area contributed by atoms with Gasteiger partial charge in [-0.1, -0.05) is 24.2 Å². The van der Waals surface area contributed by atoms with Crippen LogP contribution in [0.2, 0.25) is 0 Å². The third-order valence-electron chi connectivity index (χ3n) is 3.77. The van der Waals surface area contributed by atoms with Crippen LogP contribution in [-0.4, -0.2) is 23.2 Å². The van der Waals surface area contributed by atoms with Gasteiger partial charge in [0.15, 0.2) is 5.78 Å². The lowest BCUT2D eigenvalue weighted by atomic mass is 9.81. The maximum atomic E-state index is 12.4. The van der Waals surface area contributed by atoms with Crippen molar-refractivity contribution >= 4 is 17.2 Å². The highest BCUT2D eigenvalue weighted by molar-refractivity contribution is 6.23. The first kappa shape index (κ1) is 16.1. The van der Waals surface area contributed by atoms with Crippen LogP contribution in [0.5, 0.6) is 0 Å². The summed E-state index contributed by atoms with van der Waals surface area (Å²) in [7, 11) is 0. The molecule has 0 bridgehead atoms. The number of hydrogen-bond acceptors (Lipinski definition) is 5. The highest BCUT2D eigenvalue weighted by atomic mass is 16.6. The normalized spacial score (nSPS) is 19.5. The minimum atomic E-state index is -0.0918. The van der Waals surface area contributed by atoms with Crippen molar-refractivity contribution in [3.8, 4) is 0 Å². The second kappa shape index (κ2) is 7.11. The number of nitrogen functional groups attached to an aromatic ring is 1. The van der Waals surface area contributed by atoms with Gasteiger partial charge in [-0.2, -0.15) is 0 Å². The van der Waals surface area contributed by atoms with Gasteiger partial charge in [-0.05, 0) is 37.0 Å². The molecule has 5 nitrogen and oxygen atoms in total. The molecule has 1 unspecified atom stereocenters. The summed E-state index contributed by atoms with van der Waals surface area (Å²) >= 11 is 0. The lowest BCUT2D eigenvalue weighted by Crippen LogP contribution is -2.23. The zero-order valence-electron chi connectivity index (χ0n) is 13.0. The van der Waals surface area contributed by atoms with Crippen molar-refractivity contribution < 1.29 is 14.7 Å². The van der Waals surface area contributed by atoms with Gasteiger partial charge < -0.3 is 15.7 Å². The Morgan fingerprint density at radius 3 is 2.55 bits per heavy atom. The number of rotatable bonds is 5. The SMILES string of the molecule is CCO/N=C(\CC)C1=C(O)CC(c2ccc(N)cc2)CC1=O. The minimum absolute atomic E-state index is 0.0259. The molecular formula is C17H22N2O3. The van der Waals surface area contributed by atoms with E-state index in [0.717, 1.165) is 5.56 Å². The van der Waals surface area contributed by atoms with Crippen molar-refractivity contribution in [1.82, 2.24) is 0 Å². The Hall–Kier alpha value is -2.30. The molecule has 0 aromatic heterocycles. The first-order valence-corrected chi connectivity index (χ1v) is 7.56. The van der Waals surface area contributed by atoms with Crippen LogP contribution < -0.4 is 5.73 Å². The number of aliphatic hydroxyl groups excluding tert-OH is 1. The molecule has 0 aliphatic heterocycles. The van der Waals surface area contributed by atoms with Crippen molar-refractivity contribution in [2.45, 2.75) is 39.0 Å². The molecule has 5 heteroatoms. The molecule has 0 amide bonds. The van der Waals surface area contributed by atoms with Crippen LogP contribution in [-0.2, 0) is 9.63 Å². The van der Waals surface area contributed by atoms with E-state index in [1.54, 1.807) is 0 Å². The van der Waals surface area contributed by atoms with Crippen molar-refractivity contribution in [3.63, 3.8) is 0 Å². The smallest absolute Gasteiger partial charge is 0.168 e. The van der Waals surface area contributed by atoms with Crippen molar-refractivity contribution in [2.24, 2.45) is 5.16 Å². The largest absolute Gasteiger partial charge is 0.511 e. The van der Waals surface area contributed by atoms with E-state index in [-0.39, 0.29) is 17.5 Å². The second-order valence-corrected chi connectivity index (χ2v) is 5.33. The Balaban J connectivity index is 2.26. The lowest BCUT2D eigenvalue weighted by Gasteiger charge is -2.24. The number of hydrogen-bond donors (Lipinski definition) is 2. The predicted octanol–water partition coefficient (Wildman–Crippen LogP) is 3.33. The summed E-state index contributed by atoms with van der Waals surface area (Å²) in [4.78, 5) is 17.5. The second-order valence-electron chi connectivity index (χ2n) is 5.33. The van der Waals surface area contributed by atoms with Crippen molar-refractivity contribution in [3.05, 3.63) is 41.2 Å². The van der Waals surface area contributed by atoms with Gasteiger partial charge in [0, 0.05) is 18.5 Å². The van der Waals surface area contributed by atoms with Crippen molar-refractivity contribution in [2.75, 3.05) is 12.3 Å². The predicted molar refractivity (Wildman–Crippen MR) is 86.8 cm³/mol. The average molecular weight is 302 g/mol. The highest BCUT2D eigenvalue weighted by Gasteiger charge is 2.31. The Morgan fingerprint density at radius 1 is 1.32 bits per heavy atom. The molecule has 0 fully saturated rings.